The number of carbonyl (C=O) groups excluding carboxylic acids is 1. The number of H-pyrrole nitrogens is 1. The molecule has 0 saturated heterocycles. The van der Waals surface area contributed by atoms with Crippen molar-refractivity contribution in [3.05, 3.63) is 40.2 Å². The van der Waals surface area contributed by atoms with Crippen LogP contribution in [0.5, 0.6) is 0 Å². The van der Waals surface area contributed by atoms with E-state index in [1.165, 1.54) is 18.2 Å². The smallest absolute Gasteiger partial charge is 0.344 e. The number of hydrogen-bond donors (Lipinski definition) is 1. The van der Waals surface area contributed by atoms with Gasteiger partial charge in [0, 0.05) is 17.2 Å². The van der Waals surface area contributed by atoms with Crippen molar-refractivity contribution in [1.82, 2.24) is 4.98 Å². The van der Waals surface area contributed by atoms with Gasteiger partial charge in [-0.2, -0.15) is 0 Å². The van der Waals surface area contributed by atoms with Gasteiger partial charge in [-0.05, 0) is 25.1 Å². The van der Waals surface area contributed by atoms with Crippen LogP contribution in [0.4, 0.5) is 0 Å². The van der Waals surface area contributed by atoms with Gasteiger partial charge in [-0.1, -0.05) is 0 Å². The van der Waals surface area contributed by atoms with E-state index in [2.05, 4.69) is 11.2 Å². The Morgan fingerprint density at radius 3 is 2.70 bits per heavy atom. The molecule has 0 bridgehead atoms. The molecule has 0 amide bonds. The van der Waals surface area contributed by atoms with Crippen molar-refractivity contribution in [2.45, 2.75) is 11.8 Å². The number of nitrogens with one attached hydrogen (secondary N) is 1. The highest BCUT2D eigenvalue weighted by Gasteiger charge is 2.16. The highest BCUT2D eigenvalue weighted by molar-refractivity contribution is 7.90. The molecule has 7 heteroatoms. The zero-order valence-corrected chi connectivity index (χ0v) is 11.7. The minimum absolute atomic E-state index is 0.0107. The van der Waals surface area contributed by atoms with Crippen LogP contribution in [-0.4, -0.2) is 32.2 Å². The molecule has 0 saturated carbocycles. The van der Waals surface area contributed by atoms with Crippen LogP contribution >= 0.6 is 0 Å². The zero-order valence-electron chi connectivity index (χ0n) is 10.9. The SMILES string of the molecule is CCOC(=O)c1[c][nH]c2ccc(S(C)(=O)=O)cc2c1=O. The molecule has 1 heterocycles. The van der Waals surface area contributed by atoms with Crippen molar-refractivity contribution in [2.24, 2.45) is 0 Å². The highest BCUT2D eigenvalue weighted by atomic mass is 32.2. The molecule has 0 aliphatic carbocycles. The van der Waals surface area contributed by atoms with Crippen LogP contribution in [0.1, 0.15) is 17.3 Å². The van der Waals surface area contributed by atoms with Gasteiger partial charge in [0.05, 0.1) is 17.7 Å². The molecular weight excluding hydrogens is 282 g/mol. The summed E-state index contributed by atoms with van der Waals surface area (Å²) in [5.74, 6) is -0.791. The number of fused-ring (bicyclic) bond motifs is 1. The first-order chi connectivity index (χ1) is 9.34. The fourth-order valence-corrected chi connectivity index (χ4v) is 2.37. The molecule has 0 aliphatic heterocycles. The summed E-state index contributed by atoms with van der Waals surface area (Å²) in [5, 5.41) is 0.106. The summed E-state index contributed by atoms with van der Waals surface area (Å²) < 4.78 is 27.7. The summed E-state index contributed by atoms with van der Waals surface area (Å²) >= 11 is 0. The molecule has 1 N–H and O–H groups in total. The van der Waals surface area contributed by atoms with E-state index in [0.29, 0.717) is 5.52 Å². The van der Waals surface area contributed by atoms with Crippen molar-refractivity contribution < 1.29 is 17.9 Å². The Labute approximate surface area is 115 Å². The predicted molar refractivity (Wildman–Crippen MR) is 72.5 cm³/mol. The van der Waals surface area contributed by atoms with E-state index >= 15 is 0 Å². The summed E-state index contributed by atoms with van der Waals surface area (Å²) in [4.78, 5) is 26.4. The number of carbonyl (C=O) groups is 1. The Balaban J connectivity index is 2.71. The second-order valence-corrected chi connectivity index (χ2v) is 6.17. The van der Waals surface area contributed by atoms with E-state index < -0.39 is 21.2 Å². The Bertz CT molecular complexity index is 835. The van der Waals surface area contributed by atoms with Crippen LogP contribution in [0.15, 0.2) is 27.9 Å². The number of aromatic nitrogens is 1. The highest BCUT2D eigenvalue weighted by Crippen LogP contribution is 2.15. The molecule has 0 spiro atoms. The maximum atomic E-state index is 12.2. The molecule has 1 aromatic heterocycles. The molecule has 0 fully saturated rings. The molecule has 6 nitrogen and oxygen atoms in total. The molecule has 1 radical (unpaired) electrons. The molecule has 20 heavy (non-hydrogen) atoms. The number of rotatable bonds is 3. The maximum absolute atomic E-state index is 12.2. The molecule has 0 unspecified atom stereocenters. The van der Waals surface area contributed by atoms with E-state index in [-0.39, 0.29) is 22.5 Å². The Hall–Kier alpha value is -2.15. The lowest BCUT2D eigenvalue weighted by Crippen LogP contribution is -2.18. The number of aromatic amines is 1. The van der Waals surface area contributed by atoms with Gasteiger partial charge < -0.3 is 9.72 Å². The number of benzene rings is 1. The lowest BCUT2D eigenvalue weighted by molar-refractivity contribution is 0.0524. The van der Waals surface area contributed by atoms with Crippen LogP contribution in [0, 0.1) is 6.20 Å². The maximum Gasteiger partial charge on any atom is 0.344 e. The molecule has 0 aliphatic rings. The second-order valence-electron chi connectivity index (χ2n) is 4.15. The second kappa shape index (κ2) is 5.09. The summed E-state index contributed by atoms with van der Waals surface area (Å²) in [6.07, 6.45) is 3.51. The van der Waals surface area contributed by atoms with Crippen LogP contribution in [0.2, 0.25) is 0 Å². The van der Waals surface area contributed by atoms with Gasteiger partial charge in [0.1, 0.15) is 5.56 Å². The van der Waals surface area contributed by atoms with Crippen LogP contribution in [0.25, 0.3) is 10.9 Å². The quantitative estimate of drug-likeness (QED) is 0.849. The minimum atomic E-state index is -3.43. The van der Waals surface area contributed by atoms with Gasteiger partial charge >= 0.3 is 5.97 Å². The number of sulfone groups is 1. The van der Waals surface area contributed by atoms with Crippen molar-refractivity contribution in [2.75, 3.05) is 12.9 Å². The first-order valence-corrected chi connectivity index (χ1v) is 7.68. The minimum Gasteiger partial charge on any atom is -0.462 e. The number of hydrogen-bond acceptors (Lipinski definition) is 5. The van der Waals surface area contributed by atoms with Crippen molar-refractivity contribution in [1.29, 1.82) is 0 Å². The van der Waals surface area contributed by atoms with Crippen molar-refractivity contribution in [3.8, 4) is 0 Å². The lowest BCUT2D eigenvalue weighted by Gasteiger charge is -2.04. The van der Waals surface area contributed by atoms with Crippen molar-refractivity contribution in [3.63, 3.8) is 0 Å². The third kappa shape index (κ3) is 2.57. The number of pyridine rings is 1. The first kappa shape index (κ1) is 14.3. The first-order valence-electron chi connectivity index (χ1n) is 5.79. The summed E-state index contributed by atoms with van der Waals surface area (Å²) in [5.41, 5.74) is -0.483. The molecule has 1 aromatic carbocycles. The summed E-state index contributed by atoms with van der Waals surface area (Å²) in [7, 11) is -3.43. The van der Waals surface area contributed by atoms with Crippen molar-refractivity contribution >= 4 is 26.7 Å². The average molecular weight is 294 g/mol. The average Bonchev–Trinajstić information content (AvgIpc) is 2.38. The Morgan fingerprint density at radius 2 is 2.10 bits per heavy atom. The normalized spacial score (nSPS) is 11.5. The summed E-state index contributed by atoms with van der Waals surface area (Å²) in [6, 6.07) is 4.07. The van der Waals surface area contributed by atoms with E-state index in [0.717, 1.165) is 6.26 Å². The van der Waals surface area contributed by atoms with E-state index in [1.807, 2.05) is 0 Å². The van der Waals surface area contributed by atoms with Gasteiger partial charge in [0.15, 0.2) is 9.84 Å². The zero-order chi connectivity index (χ0) is 14.9. The molecule has 105 valence electrons. The largest absolute Gasteiger partial charge is 0.462 e. The van der Waals surface area contributed by atoms with Crippen LogP contribution in [-0.2, 0) is 14.6 Å². The standard InChI is InChI=1S/C13H12NO5S/c1-3-19-13(16)10-7-14-11-5-4-8(20(2,17)18)6-9(11)12(10)15/h4-6H,3H2,1-2H3,(H,14,15). The molecule has 2 aromatic rings. The Kier molecular flexibility index (Phi) is 3.63. The summed E-state index contributed by atoms with van der Waals surface area (Å²) in [6.45, 7) is 1.75. The number of esters is 1. The van der Waals surface area contributed by atoms with E-state index in [1.54, 1.807) is 6.92 Å². The van der Waals surface area contributed by atoms with Gasteiger partial charge in [0.25, 0.3) is 0 Å². The monoisotopic (exact) mass is 294 g/mol. The Morgan fingerprint density at radius 1 is 1.40 bits per heavy atom. The third-order valence-corrected chi connectivity index (χ3v) is 3.80. The third-order valence-electron chi connectivity index (χ3n) is 2.69. The molecular formula is C13H12NO5S. The fourth-order valence-electron chi connectivity index (χ4n) is 1.72. The van der Waals surface area contributed by atoms with Crippen LogP contribution < -0.4 is 5.43 Å². The number of ether oxygens (including phenoxy) is 1. The van der Waals surface area contributed by atoms with Gasteiger partial charge in [-0.3, -0.25) is 4.79 Å². The lowest BCUT2D eigenvalue weighted by atomic mass is 10.1. The van der Waals surface area contributed by atoms with Crippen LogP contribution in [0.3, 0.4) is 0 Å². The molecule has 0 atom stereocenters. The van der Waals surface area contributed by atoms with E-state index in [4.69, 9.17) is 4.74 Å². The van der Waals surface area contributed by atoms with Gasteiger partial charge in [-0.15, -0.1) is 0 Å². The topological polar surface area (TPSA) is 93.3 Å². The van der Waals surface area contributed by atoms with Gasteiger partial charge in [0.2, 0.25) is 5.43 Å². The predicted octanol–water partition coefficient (Wildman–Crippen LogP) is 0.908. The molecule has 2 rings (SSSR count). The van der Waals surface area contributed by atoms with E-state index in [9.17, 15) is 18.0 Å². The fraction of sp³-hybridized carbons (Fsp3) is 0.231. The van der Waals surface area contributed by atoms with Gasteiger partial charge in [-0.25, -0.2) is 13.2 Å².